The standard InChI is InChI=1S/C13H20ClNO2/c1-2-5-17-13-4-3-12(14)7-11(13)6-10(8-15)9-16/h3-4,7,10,16H,2,5-6,8-9,15H2,1H3. The molecule has 0 heterocycles. The minimum absolute atomic E-state index is 0.0532. The summed E-state index contributed by atoms with van der Waals surface area (Å²) in [7, 11) is 0. The minimum atomic E-state index is 0.0532. The molecular formula is C13H20ClNO2. The lowest BCUT2D eigenvalue weighted by atomic mass is 9.99. The first-order valence-electron chi connectivity index (χ1n) is 5.93. The van der Waals surface area contributed by atoms with Crippen LogP contribution in [0.3, 0.4) is 0 Å². The molecule has 0 aliphatic rings. The normalized spacial score (nSPS) is 12.5. The van der Waals surface area contributed by atoms with Crippen LogP contribution < -0.4 is 10.5 Å². The average Bonchev–Trinajstić information content (AvgIpc) is 2.35. The van der Waals surface area contributed by atoms with Gasteiger partial charge in [-0.1, -0.05) is 18.5 Å². The number of halogens is 1. The predicted octanol–water partition coefficient (Wildman–Crippen LogP) is 2.24. The van der Waals surface area contributed by atoms with Crippen molar-refractivity contribution in [2.75, 3.05) is 19.8 Å². The Labute approximate surface area is 108 Å². The van der Waals surface area contributed by atoms with E-state index in [4.69, 9.17) is 27.2 Å². The Morgan fingerprint density at radius 3 is 2.82 bits per heavy atom. The molecule has 96 valence electrons. The molecule has 0 bridgehead atoms. The van der Waals surface area contributed by atoms with Crippen LogP contribution in [0.4, 0.5) is 0 Å². The van der Waals surface area contributed by atoms with Crippen LogP contribution in [-0.4, -0.2) is 24.9 Å². The Morgan fingerprint density at radius 2 is 2.24 bits per heavy atom. The SMILES string of the molecule is CCCOc1ccc(Cl)cc1CC(CN)CO. The van der Waals surface area contributed by atoms with E-state index in [0.717, 1.165) is 17.7 Å². The van der Waals surface area contributed by atoms with Gasteiger partial charge < -0.3 is 15.6 Å². The lowest BCUT2D eigenvalue weighted by molar-refractivity contribution is 0.228. The van der Waals surface area contributed by atoms with Gasteiger partial charge in [-0.05, 0) is 49.1 Å². The molecule has 1 unspecified atom stereocenters. The molecule has 1 rings (SSSR count). The van der Waals surface area contributed by atoms with Gasteiger partial charge in [0.05, 0.1) is 6.61 Å². The second-order valence-electron chi connectivity index (χ2n) is 4.09. The molecule has 0 amide bonds. The van der Waals surface area contributed by atoms with E-state index in [-0.39, 0.29) is 12.5 Å². The van der Waals surface area contributed by atoms with Crippen molar-refractivity contribution in [2.24, 2.45) is 11.7 Å². The van der Waals surface area contributed by atoms with Crippen molar-refractivity contribution in [3.8, 4) is 5.75 Å². The van der Waals surface area contributed by atoms with Crippen molar-refractivity contribution in [3.63, 3.8) is 0 Å². The van der Waals surface area contributed by atoms with E-state index < -0.39 is 0 Å². The van der Waals surface area contributed by atoms with Gasteiger partial charge in [-0.3, -0.25) is 0 Å². The highest BCUT2D eigenvalue weighted by Crippen LogP contribution is 2.25. The quantitative estimate of drug-likeness (QED) is 0.788. The van der Waals surface area contributed by atoms with Gasteiger partial charge in [-0.25, -0.2) is 0 Å². The molecular weight excluding hydrogens is 238 g/mol. The van der Waals surface area contributed by atoms with E-state index >= 15 is 0 Å². The van der Waals surface area contributed by atoms with Crippen LogP contribution in [0.25, 0.3) is 0 Å². The van der Waals surface area contributed by atoms with Crippen molar-refractivity contribution in [3.05, 3.63) is 28.8 Å². The number of nitrogens with two attached hydrogens (primary N) is 1. The van der Waals surface area contributed by atoms with Gasteiger partial charge in [0, 0.05) is 11.6 Å². The number of hydrogen-bond donors (Lipinski definition) is 2. The van der Waals surface area contributed by atoms with Gasteiger partial charge >= 0.3 is 0 Å². The Bertz CT molecular complexity index is 340. The summed E-state index contributed by atoms with van der Waals surface area (Å²) in [6.07, 6.45) is 1.65. The Kier molecular flexibility index (Phi) is 6.34. The number of aliphatic hydroxyl groups excluding tert-OH is 1. The maximum Gasteiger partial charge on any atom is 0.122 e. The smallest absolute Gasteiger partial charge is 0.122 e. The molecule has 0 saturated heterocycles. The summed E-state index contributed by atoms with van der Waals surface area (Å²) in [5.41, 5.74) is 6.60. The molecule has 1 aromatic rings. The number of hydrogen-bond acceptors (Lipinski definition) is 3. The molecule has 0 saturated carbocycles. The van der Waals surface area contributed by atoms with E-state index in [1.165, 1.54) is 0 Å². The average molecular weight is 258 g/mol. The predicted molar refractivity (Wildman–Crippen MR) is 70.6 cm³/mol. The zero-order valence-corrected chi connectivity index (χ0v) is 10.9. The van der Waals surface area contributed by atoms with E-state index in [1.807, 2.05) is 18.2 Å². The molecule has 17 heavy (non-hydrogen) atoms. The third-order valence-electron chi connectivity index (χ3n) is 2.58. The van der Waals surface area contributed by atoms with E-state index in [9.17, 15) is 0 Å². The van der Waals surface area contributed by atoms with Gasteiger partial charge in [0.25, 0.3) is 0 Å². The highest BCUT2D eigenvalue weighted by molar-refractivity contribution is 6.30. The first-order chi connectivity index (χ1) is 8.21. The third kappa shape index (κ3) is 4.54. The van der Waals surface area contributed by atoms with Crippen LogP contribution in [-0.2, 0) is 6.42 Å². The van der Waals surface area contributed by atoms with Crippen LogP contribution in [0.2, 0.25) is 5.02 Å². The molecule has 0 fully saturated rings. The fraction of sp³-hybridized carbons (Fsp3) is 0.538. The van der Waals surface area contributed by atoms with Crippen LogP contribution >= 0.6 is 11.6 Å². The largest absolute Gasteiger partial charge is 0.493 e. The number of ether oxygens (including phenoxy) is 1. The second-order valence-corrected chi connectivity index (χ2v) is 4.53. The van der Waals surface area contributed by atoms with E-state index in [0.29, 0.717) is 24.6 Å². The molecule has 3 N–H and O–H groups in total. The third-order valence-corrected chi connectivity index (χ3v) is 2.82. The summed E-state index contributed by atoms with van der Waals surface area (Å²) in [5.74, 6) is 0.889. The van der Waals surface area contributed by atoms with E-state index in [2.05, 4.69) is 6.92 Å². The molecule has 0 aliphatic carbocycles. The summed E-state index contributed by atoms with van der Waals surface area (Å²) in [4.78, 5) is 0. The summed E-state index contributed by atoms with van der Waals surface area (Å²) < 4.78 is 5.65. The van der Waals surface area contributed by atoms with Gasteiger partial charge in [-0.2, -0.15) is 0 Å². The molecule has 0 aromatic heterocycles. The molecule has 0 radical (unpaired) electrons. The topological polar surface area (TPSA) is 55.5 Å². The molecule has 0 spiro atoms. The zero-order chi connectivity index (χ0) is 12.7. The lowest BCUT2D eigenvalue weighted by Gasteiger charge is -2.15. The fourth-order valence-electron chi connectivity index (χ4n) is 1.59. The van der Waals surface area contributed by atoms with Crippen molar-refractivity contribution in [2.45, 2.75) is 19.8 Å². The van der Waals surface area contributed by atoms with Crippen LogP contribution in [0, 0.1) is 5.92 Å². The summed E-state index contributed by atoms with van der Waals surface area (Å²) in [6.45, 7) is 3.28. The van der Waals surface area contributed by atoms with Gasteiger partial charge in [0.1, 0.15) is 5.75 Å². The Morgan fingerprint density at radius 1 is 1.47 bits per heavy atom. The second kappa shape index (κ2) is 7.54. The molecule has 0 aliphatic heterocycles. The maximum absolute atomic E-state index is 9.17. The van der Waals surface area contributed by atoms with Crippen molar-refractivity contribution in [1.82, 2.24) is 0 Å². The van der Waals surface area contributed by atoms with E-state index in [1.54, 1.807) is 0 Å². The Balaban J connectivity index is 2.82. The highest BCUT2D eigenvalue weighted by Gasteiger charge is 2.11. The van der Waals surface area contributed by atoms with Crippen LogP contribution in [0.5, 0.6) is 5.75 Å². The maximum atomic E-state index is 9.17. The Hall–Kier alpha value is -0.770. The molecule has 1 aromatic carbocycles. The highest BCUT2D eigenvalue weighted by atomic mass is 35.5. The van der Waals surface area contributed by atoms with Crippen LogP contribution in [0.15, 0.2) is 18.2 Å². The minimum Gasteiger partial charge on any atom is -0.493 e. The summed E-state index contributed by atoms with van der Waals surface area (Å²) in [6, 6.07) is 5.57. The van der Waals surface area contributed by atoms with Crippen molar-refractivity contribution >= 4 is 11.6 Å². The number of aliphatic hydroxyl groups is 1. The first-order valence-corrected chi connectivity index (χ1v) is 6.31. The van der Waals surface area contributed by atoms with Gasteiger partial charge in [0.2, 0.25) is 0 Å². The monoisotopic (exact) mass is 257 g/mol. The summed E-state index contributed by atoms with van der Waals surface area (Å²) >= 11 is 5.97. The van der Waals surface area contributed by atoms with Gasteiger partial charge in [-0.15, -0.1) is 0 Å². The molecule has 3 nitrogen and oxygen atoms in total. The summed E-state index contributed by atoms with van der Waals surface area (Å²) in [5, 5.41) is 9.85. The molecule has 1 atom stereocenters. The first kappa shape index (κ1) is 14.3. The number of benzene rings is 1. The van der Waals surface area contributed by atoms with Crippen molar-refractivity contribution < 1.29 is 9.84 Å². The van der Waals surface area contributed by atoms with Gasteiger partial charge in [0.15, 0.2) is 0 Å². The van der Waals surface area contributed by atoms with Crippen LogP contribution in [0.1, 0.15) is 18.9 Å². The van der Waals surface area contributed by atoms with Crippen molar-refractivity contribution in [1.29, 1.82) is 0 Å². The fourth-order valence-corrected chi connectivity index (χ4v) is 1.79. The lowest BCUT2D eigenvalue weighted by Crippen LogP contribution is -2.20. The zero-order valence-electron chi connectivity index (χ0n) is 10.2. The molecule has 4 heteroatoms. The number of rotatable bonds is 7.